The van der Waals surface area contributed by atoms with Crippen LogP contribution >= 0.6 is 0 Å². The number of anilines is 1. The molecule has 2 aromatic carbocycles. The Morgan fingerprint density at radius 2 is 1.75 bits per heavy atom. The average Bonchev–Trinajstić information content (AvgIpc) is 2.45. The Kier molecular flexibility index (Phi) is 4.67. The molecule has 0 amide bonds. The molecule has 2 rings (SSSR count). The SMILES string of the molecule is CCN(c1ccccc1)C(C)Oc1cc(C)ccc1C. The molecule has 0 spiro atoms. The molecule has 2 nitrogen and oxygen atoms in total. The van der Waals surface area contributed by atoms with Gasteiger partial charge in [0.1, 0.15) is 5.75 Å². The van der Waals surface area contributed by atoms with Gasteiger partial charge < -0.3 is 9.64 Å². The highest BCUT2D eigenvalue weighted by atomic mass is 16.5. The number of aryl methyl sites for hydroxylation is 2. The van der Waals surface area contributed by atoms with Crippen LogP contribution < -0.4 is 9.64 Å². The second-order valence-electron chi connectivity index (χ2n) is 5.11. The molecular weight excluding hydrogens is 246 g/mol. The van der Waals surface area contributed by atoms with Crippen molar-refractivity contribution in [2.24, 2.45) is 0 Å². The van der Waals surface area contributed by atoms with Gasteiger partial charge in [0.15, 0.2) is 6.23 Å². The van der Waals surface area contributed by atoms with Crippen LogP contribution in [0.25, 0.3) is 0 Å². The van der Waals surface area contributed by atoms with Crippen LogP contribution in [0.2, 0.25) is 0 Å². The van der Waals surface area contributed by atoms with Crippen molar-refractivity contribution in [2.75, 3.05) is 11.4 Å². The van der Waals surface area contributed by atoms with E-state index in [4.69, 9.17) is 4.74 Å². The van der Waals surface area contributed by atoms with Crippen LogP contribution in [-0.4, -0.2) is 12.8 Å². The fourth-order valence-electron chi connectivity index (χ4n) is 2.35. The summed E-state index contributed by atoms with van der Waals surface area (Å²) in [6.07, 6.45) is 0.00269. The van der Waals surface area contributed by atoms with E-state index >= 15 is 0 Å². The molecule has 2 heteroatoms. The maximum absolute atomic E-state index is 6.16. The molecule has 2 aromatic rings. The van der Waals surface area contributed by atoms with Gasteiger partial charge in [0.25, 0.3) is 0 Å². The van der Waals surface area contributed by atoms with E-state index in [0.29, 0.717) is 0 Å². The Morgan fingerprint density at radius 1 is 1.05 bits per heavy atom. The zero-order valence-corrected chi connectivity index (χ0v) is 12.8. The van der Waals surface area contributed by atoms with Crippen molar-refractivity contribution in [2.45, 2.75) is 33.9 Å². The molecule has 20 heavy (non-hydrogen) atoms. The van der Waals surface area contributed by atoms with Crippen LogP contribution in [0.4, 0.5) is 5.69 Å². The summed E-state index contributed by atoms with van der Waals surface area (Å²) in [5, 5.41) is 0. The van der Waals surface area contributed by atoms with E-state index in [2.05, 4.69) is 75.1 Å². The Hall–Kier alpha value is -1.96. The van der Waals surface area contributed by atoms with Crippen LogP contribution in [-0.2, 0) is 0 Å². The molecule has 0 radical (unpaired) electrons. The van der Waals surface area contributed by atoms with Crippen LogP contribution in [0.3, 0.4) is 0 Å². The summed E-state index contributed by atoms with van der Waals surface area (Å²) >= 11 is 0. The summed E-state index contributed by atoms with van der Waals surface area (Å²) in [7, 11) is 0. The van der Waals surface area contributed by atoms with Gasteiger partial charge in [0.05, 0.1) is 0 Å². The number of nitrogens with zero attached hydrogens (tertiary/aromatic N) is 1. The van der Waals surface area contributed by atoms with Gasteiger partial charge >= 0.3 is 0 Å². The minimum Gasteiger partial charge on any atom is -0.471 e. The number of hydrogen-bond acceptors (Lipinski definition) is 2. The Morgan fingerprint density at radius 3 is 2.40 bits per heavy atom. The summed E-state index contributed by atoms with van der Waals surface area (Å²) < 4.78 is 6.16. The first-order valence-electron chi connectivity index (χ1n) is 7.17. The average molecular weight is 269 g/mol. The van der Waals surface area contributed by atoms with Crippen LogP contribution in [0.15, 0.2) is 48.5 Å². The van der Waals surface area contributed by atoms with Crippen molar-refractivity contribution in [3.05, 3.63) is 59.7 Å². The minimum atomic E-state index is 0.00269. The van der Waals surface area contributed by atoms with Crippen molar-refractivity contribution >= 4 is 5.69 Å². The van der Waals surface area contributed by atoms with E-state index in [9.17, 15) is 0 Å². The third kappa shape index (κ3) is 3.32. The van der Waals surface area contributed by atoms with Gasteiger partial charge in [-0.15, -0.1) is 0 Å². The van der Waals surface area contributed by atoms with E-state index in [0.717, 1.165) is 12.3 Å². The lowest BCUT2D eigenvalue weighted by atomic mass is 10.1. The largest absolute Gasteiger partial charge is 0.471 e. The highest BCUT2D eigenvalue weighted by Crippen LogP contribution is 2.23. The number of benzene rings is 2. The fourth-order valence-corrected chi connectivity index (χ4v) is 2.35. The Labute approximate surface area is 122 Å². The predicted octanol–water partition coefficient (Wildman–Crippen LogP) is 4.55. The molecule has 106 valence electrons. The molecule has 0 aliphatic heterocycles. The molecule has 0 saturated heterocycles. The molecule has 0 aliphatic rings. The second-order valence-corrected chi connectivity index (χ2v) is 5.11. The summed E-state index contributed by atoms with van der Waals surface area (Å²) in [6.45, 7) is 9.33. The van der Waals surface area contributed by atoms with Gasteiger partial charge in [0, 0.05) is 12.2 Å². The van der Waals surface area contributed by atoms with Gasteiger partial charge in [-0.2, -0.15) is 0 Å². The maximum atomic E-state index is 6.16. The van der Waals surface area contributed by atoms with Gasteiger partial charge in [-0.3, -0.25) is 0 Å². The van der Waals surface area contributed by atoms with Crippen LogP contribution in [0.5, 0.6) is 5.75 Å². The van der Waals surface area contributed by atoms with E-state index in [1.807, 2.05) is 6.07 Å². The first-order valence-corrected chi connectivity index (χ1v) is 7.17. The highest BCUT2D eigenvalue weighted by Gasteiger charge is 2.14. The summed E-state index contributed by atoms with van der Waals surface area (Å²) in [4.78, 5) is 2.25. The van der Waals surface area contributed by atoms with Gasteiger partial charge in [-0.1, -0.05) is 30.3 Å². The van der Waals surface area contributed by atoms with Crippen molar-refractivity contribution in [3.63, 3.8) is 0 Å². The minimum absolute atomic E-state index is 0.00269. The van der Waals surface area contributed by atoms with Crippen molar-refractivity contribution < 1.29 is 4.74 Å². The molecule has 0 bridgehead atoms. The molecular formula is C18H23NO. The molecule has 1 unspecified atom stereocenters. The summed E-state index contributed by atoms with van der Waals surface area (Å²) in [5.74, 6) is 0.965. The van der Waals surface area contributed by atoms with Gasteiger partial charge in [-0.05, 0) is 57.0 Å². The molecule has 0 saturated carbocycles. The standard InChI is InChI=1S/C18H23NO/c1-5-19(17-9-7-6-8-10-17)16(4)20-18-13-14(2)11-12-15(18)3/h6-13,16H,5H2,1-4H3. The predicted molar refractivity (Wildman–Crippen MR) is 85.5 cm³/mol. The smallest absolute Gasteiger partial charge is 0.169 e. The summed E-state index contributed by atoms with van der Waals surface area (Å²) in [6, 6.07) is 16.7. The molecule has 0 aliphatic carbocycles. The maximum Gasteiger partial charge on any atom is 0.169 e. The summed E-state index contributed by atoms with van der Waals surface area (Å²) in [5.41, 5.74) is 3.58. The lowest BCUT2D eigenvalue weighted by Gasteiger charge is -2.31. The Bertz CT molecular complexity index is 551. The van der Waals surface area contributed by atoms with Crippen molar-refractivity contribution in [1.82, 2.24) is 0 Å². The Balaban J connectivity index is 2.17. The third-order valence-electron chi connectivity index (χ3n) is 3.51. The topological polar surface area (TPSA) is 12.5 Å². The lowest BCUT2D eigenvalue weighted by molar-refractivity contribution is 0.214. The monoisotopic (exact) mass is 269 g/mol. The quantitative estimate of drug-likeness (QED) is 0.738. The molecule has 0 aromatic heterocycles. The number of ether oxygens (including phenoxy) is 1. The molecule has 1 atom stereocenters. The number of para-hydroxylation sites is 1. The van der Waals surface area contributed by atoms with Crippen molar-refractivity contribution in [1.29, 1.82) is 0 Å². The van der Waals surface area contributed by atoms with Gasteiger partial charge in [0.2, 0.25) is 0 Å². The zero-order chi connectivity index (χ0) is 14.5. The normalized spacial score (nSPS) is 12.0. The lowest BCUT2D eigenvalue weighted by Crippen LogP contribution is -2.37. The molecule has 0 N–H and O–H groups in total. The zero-order valence-electron chi connectivity index (χ0n) is 12.8. The fraction of sp³-hybridized carbons (Fsp3) is 0.333. The van der Waals surface area contributed by atoms with E-state index in [1.165, 1.54) is 16.8 Å². The van der Waals surface area contributed by atoms with E-state index in [1.54, 1.807) is 0 Å². The highest BCUT2D eigenvalue weighted by molar-refractivity contribution is 5.46. The number of hydrogen-bond donors (Lipinski definition) is 0. The first kappa shape index (κ1) is 14.4. The first-order chi connectivity index (χ1) is 9.61. The molecule has 0 fully saturated rings. The van der Waals surface area contributed by atoms with E-state index < -0.39 is 0 Å². The second kappa shape index (κ2) is 6.47. The van der Waals surface area contributed by atoms with Crippen molar-refractivity contribution in [3.8, 4) is 5.75 Å². The van der Waals surface area contributed by atoms with Crippen LogP contribution in [0, 0.1) is 13.8 Å². The van der Waals surface area contributed by atoms with Gasteiger partial charge in [-0.25, -0.2) is 0 Å². The van der Waals surface area contributed by atoms with Crippen LogP contribution in [0.1, 0.15) is 25.0 Å². The third-order valence-corrected chi connectivity index (χ3v) is 3.51. The molecule has 0 heterocycles. The van der Waals surface area contributed by atoms with E-state index in [-0.39, 0.29) is 6.23 Å². The number of rotatable bonds is 5.